The molecule has 2 atom stereocenters. The van der Waals surface area contributed by atoms with Crippen LogP contribution in [0, 0.1) is 5.82 Å². The van der Waals surface area contributed by atoms with E-state index >= 15 is 0 Å². The molecule has 1 aromatic rings. The summed E-state index contributed by atoms with van der Waals surface area (Å²) in [5.41, 5.74) is -0.839. The van der Waals surface area contributed by atoms with E-state index in [2.05, 4.69) is 10.6 Å². The fraction of sp³-hybridized carbons (Fsp3) is 0.471. The number of likely N-dealkylation sites (N-methyl/N-ethyl adjacent to an activating group) is 1. The Bertz CT molecular complexity index is 702. The van der Waals surface area contributed by atoms with Gasteiger partial charge in [-0.1, -0.05) is 12.1 Å². The molecule has 2 fully saturated rings. The van der Waals surface area contributed by atoms with E-state index in [1.165, 1.54) is 24.3 Å². The van der Waals surface area contributed by atoms with E-state index in [9.17, 15) is 18.8 Å². The first-order valence-electron chi connectivity index (χ1n) is 8.19. The highest BCUT2D eigenvalue weighted by Gasteiger charge is 2.49. The van der Waals surface area contributed by atoms with Crippen molar-refractivity contribution in [2.24, 2.45) is 0 Å². The van der Waals surface area contributed by atoms with Crippen molar-refractivity contribution in [2.75, 3.05) is 26.7 Å². The van der Waals surface area contributed by atoms with E-state index in [0.29, 0.717) is 12.1 Å². The number of amides is 4. The van der Waals surface area contributed by atoms with Crippen LogP contribution in [-0.2, 0) is 15.1 Å². The quantitative estimate of drug-likeness (QED) is 0.773. The molecule has 7 nitrogen and oxygen atoms in total. The second-order valence-corrected chi connectivity index (χ2v) is 6.60. The number of halogens is 1. The molecule has 0 saturated carbocycles. The van der Waals surface area contributed by atoms with Crippen molar-refractivity contribution < 1.29 is 18.8 Å². The van der Waals surface area contributed by atoms with Gasteiger partial charge in [-0.15, -0.1) is 0 Å². The molecular formula is C17H21FN4O3. The zero-order valence-corrected chi connectivity index (χ0v) is 14.2. The van der Waals surface area contributed by atoms with Crippen molar-refractivity contribution in [1.29, 1.82) is 0 Å². The number of hydrogen-bond donors (Lipinski definition) is 2. The molecule has 0 aromatic heterocycles. The molecule has 2 saturated heterocycles. The van der Waals surface area contributed by atoms with Crippen LogP contribution in [0.25, 0.3) is 0 Å². The van der Waals surface area contributed by atoms with Gasteiger partial charge in [0.25, 0.3) is 5.91 Å². The van der Waals surface area contributed by atoms with E-state index in [-0.39, 0.29) is 18.5 Å². The number of rotatable bonds is 4. The Morgan fingerprint density at radius 3 is 2.64 bits per heavy atom. The summed E-state index contributed by atoms with van der Waals surface area (Å²) in [5, 5.41) is 5.79. The number of benzene rings is 1. The third-order valence-electron chi connectivity index (χ3n) is 4.97. The molecule has 3 rings (SSSR count). The largest absolute Gasteiger partial charge is 0.340 e. The second-order valence-electron chi connectivity index (χ2n) is 6.60. The Morgan fingerprint density at radius 1 is 1.36 bits per heavy atom. The predicted octanol–water partition coefficient (Wildman–Crippen LogP) is 0.413. The van der Waals surface area contributed by atoms with Gasteiger partial charge in [0.15, 0.2) is 0 Å². The van der Waals surface area contributed by atoms with Gasteiger partial charge in [-0.2, -0.15) is 0 Å². The lowest BCUT2D eigenvalue weighted by Gasteiger charge is -2.26. The normalized spacial score (nSPS) is 26.0. The van der Waals surface area contributed by atoms with Crippen LogP contribution >= 0.6 is 0 Å². The van der Waals surface area contributed by atoms with Crippen LogP contribution in [0.1, 0.15) is 18.9 Å². The predicted molar refractivity (Wildman–Crippen MR) is 88.0 cm³/mol. The third-order valence-corrected chi connectivity index (χ3v) is 4.97. The van der Waals surface area contributed by atoms with Gasteiger partial charge in [-0.05, 0) is 37.6 Å². The number of hydrogen-bond acceptors (Lipinski definition) is 4. The van der Waals surface area contributed by atoms with Gasteiger partial charge >= 0.3 is 6.03 Å². The standard InChI is InChI=1S/C17H21FN4O3/c1-17(11-3-5-12(18)6-4-11)15(24)22(16(25)20-17)10-14(23)21(2)13-7-8-19-9-13/h3-6,13,19H,7-10H2,1-2H3,(H,20,25)/t13-,17-/m0/s1. The SMILES string of the molecule is CN(C(=O)CN1C(=O)N[C@@](C)(c2ccc(F)cc2)C1=O)[C@H]1CCNC1. The number of carbonyl (C=O) groups is 3. The number of nitrogens with zero attached hydrogens (tertiary/aromatic N) is 2. The highest BCUT2D eigenvalue weighted by atomic mass is 19.1. The Morgan fingerprint density at radius 2 is 2.04 bits per heavy atom. The van der Waals surface area contributed by atoms with Crippen molar-refractivity contribution in [3.05, 3.63) is 35.6 Å². The summed E-state index contributed by atoms with van der Waals surface area (Å²) in [4.78, 5) is 40.0. The summed E-state index contributed by atoms with van der Waals surface area (Å²) in [6.07, 6.45) is 0.843. The summed E-state index contributed by atoms with van der Waals surface area (Å²) in [6.45, 7) is 2.79. The van der Waals surface area contributed by atoms with E-state index in [4.69, 9.17) is 0 Å². The first kappa shape index (κ1) is 17.3. The van der Waals surface area contributed by atoms with Crippen molar-refractivity contribution in [3.8, 4) is 0 Å². The van der Waals surface area contributed by atoms with E-state index in [1.807, 2.05) is 0 Å². The Hall–Kier alpha value is -2.48. The molecular weight excluding hydrogens is 327 g/mol. The lowest BCUT2D eigenvalue weighted by molar-refractivity contribution is -0.139. The monoisotopic (exact) mass is 348 g/mol. The first-order chi connectivity index (χ1) is 11.8. The molecule has 0 spiro atoms. The number of imide groups is 1. The van der Waals surface area contributed by atoms with E-state index in [0.717, 1.165) is 17.9 Å². The first-order valence-corrected chi connectivity index (χ1v) is 8.19. The molecule has 0 bridgehead atoms. The zero-order valence-electron chi connectivity index (χ0n) is 14.2. The molecule has 134 valence electrons. The van der Waals surface area contributed by atoms with E-state index in [1.54, 1.807) is 18.9 Å². The average molecular weight is 348 g/mol. The van der Waals surface area contributed by atoms with Crippen LogP contribution in [-0.4, -0.2) is 60.4 Å². The molecule has 0 radical (unpaired) electrons. The third kappa shape index (κ3) is 3.09. The summed E-state index contributed by atoms with van der Waals surface area (Å²) in [7, 11) is 1.68. The summed E-state index contributed by atoms with van der Waals surface area (Å²) in [6, 6.07) is 4.81. The van der Waals surface area contributed by atoms with Gasteiger partial charge in [-0.25, -0.2) is 9.18 Å². The molecule has 2 heterocycles. The number of nitrogens with one attached hydrogen (secondary N) is 2. The second kappa shape index (κ2) is 6.44. The molecule has 8 heteroatoms. The van der Waals surface area contributed by atoms with Gasteiger partial charge in [0.1, 0.15) is 17.9 Å². The van der Waals surface area contributed by atoms with Gasteiger partial charge < -0.3 is 15.5 Å². The number of urea groups is 1. The summed E-state index contributed by atoms with van der Waals surface area (Å²) in [5.74, 6) is -1.24. The smallest absolute Gasteiger partial charge is 0.325 e. The van der Waals surface area contributed by atoms with Gasteiger partial charge in [-0.3, -0.25) is 14.5 Å². The lowest BCUT2D eigenvalue weighted by atomic mass is 9.92. The van der Waals surface area contributed by atoms with Crippen molar-refractivity contribution in [2.45, 2.75) is 24.9 Å². The fourth-order valence-electron chi connectivity index (χ4n) is 3.24. The number of carbonyl (C=O) groups excluding carboxylic acids is 3. The topological polar surface area (TPSA) is 81.8 Å². The molecule has 0 aliphatic carbocycles. The van der Waals surface area contributed by atoms with Crippen LogP contribution in [0.4, 0.5) is 9.18 Å². The lowest BCUT2D eigenvalue weighted by Crippen LogP contribution is -2.46. The minimum atomic E-state index is -1.31. The van der Waals surface area contributed by atoms with Crippen molar-refractivity contribution >= 4 is 17.8 Å². The molecule has 2 aliphatic rings. The minimum Gasteiger partial charge on any atom is -0.340 e. The van der Waals surface area contributed by atoms with Gasteiger partial charge in [0.2, 0.25) is 5.91 Å². The van der Waals surface area contributed by atoms with Gasteiger partial charge in [0, 0.05) is 19.6 Å². The molecule has 0 unspecified atom stereocenters. The molecule has 25 heavy (non-hydrogen) atoms. The maximum Gasteiger partial charge on any atom is 0.325 e. The van der Waals surface area contributed by atoms with Crippen molar-refractivity contribution in [1.82, 2.24) is 20.4 Å². The highest BCUT2D eigenvalue weighted by Crippen LogP contribution is 2.29. The van der Waals surface area contributed by atoms with Crippen molar-refractivity contribution in [3.63, 3.8) is 0 Å². The highest BCUT2D eigenvalue weighted by molar-refractivity contribution is 6.09. The van der Waals surface area contributed by atoms with Gasteiger partial charge in [0.05, 0.1) is 0 Å². The molecule has 2 aliphatic heterocycles. The minimum absolute atomic E-state index is 0.0664. The fourth-order valence-corrected chi connectivity index (χ4v) is 3.24. The zero-order chi connectivity index (χ0) is 18.2. The van der Waals surface area contributed by atoms with Crippen LogP contribution in [0.3, 0.4) is 0 Å². The Balaban J connectivity index is 1.74. The van der Waals surface area contributed by atoms with Crippen LogP contribution in [0.2, 0.25) is 0 Å². The molecule has 2 N–H and O–H groups in total. The Labute approximate surface area is 145 Å². The maximum absolute atomic E-state index is 13.1. The maximum atomic E-state index is 13.1. The average Bonchev–Trinajstić information content (AvgIpc) is 3.19. The molecule has 1 aromatic carbocycles. The van der Waals surface area contributed by atoms with Crippen LogP contribution < -0.4 is 10.6 Å². The van der Waals surface area contributed by atoms with E-state index < -0.39 is 23.3 Å². The van der Waals surface area contributed by atoms with Crippen LogP contribution in [0.15, 0.2) is 24.3 Å². The molecule has 4 amide bonds. The van der Waals surface area contributed by atoms with Crippen LogP contribution in [0.5, 0.6) is 0 Å². The summed E-state index contributed by atoms with van der Waals surface area (Å²) < 4.78 is 13.1. The Kier molecular flexibility index (Phi) is 4.47. The summed E-state index contributed by atoms with van der Waals surface area (Å²) >= 11 is 0.